The zero-order chi connectivity index (χ0) is 12.1. The molecule has 0 aliphatic heterocycles. The number of hydrogen-bond acceptors (Lipinski definition) is 2. The molecule has 1 rings (SSSR count). The van der Waals surface area contributed by atoms with Crippen LogP contribution >= 0.6 is 15.9 Å². The minimum atomic E-state index is -0.922. The van der Waals surface area contributed by atoms with E-state index in [4.69, 9.17) is 9.84 Å². The highest BCUT2D eigenvalue weighted by atomic mass is 79.9. The number of carbonyl (C=O) groups is 1. The van der Waals surface area contributed by atoms with Crippen molar-refractivity contribution in [3.05, 3.63) is 28.0 Å². The van der Waals surface area contributed by atoms with Gasteiger partial charge in [-0.3, -0.25) is 4.79 Å². The molecule has 0 aliphatic rings. The third kappa shape index (κ3) is 3.48. The fourth-order valence-corrected chi connectivity index (χ4v) is 1.63. The minimum absolute atomic E-state index is 0.0721. The van der Waals surface area contributed by atoms with Crippen LogP contribution in [0.1, 0.15) is 18.9 Å². The van der Waals surface area contributed by atoms with Crippen LogP contribution in [0.25, 0.3) is 0 Å². The molecule has 0 atom stereocenters. The number of aliphatic carboxylic acids is 1. The molecule has 0 amide bonds. The number of hydrogen-bond donors (Lipinski definition) is 1. The Morgan fingerprint density at radius 2 is 2.25 bits per heavy atom. The molecule has 1 aromatic carbocycles. The molecular weight excluding hydrogens is 279 g/mol. The van der Waals surface area contributed by atoms with Crippen molar-refractivity contribution in [3.63, 3.8) is 0 Å². The summed E-state index contributed by atoms with van der Waals surface area (Å²) < 4.78 is 19.0. The first-order valence-electron chi connectivity index (χ1n) is 4.87. The van der Waals surface area contributed by atoms with Crippen LogP contribution in [0.4, 0.5) is 4.39 Å². The summed E-state index contributed by atoms with van der Waals surface area (Å²) in [6.45, 7) is 1.91. The number of carboxylic acids is 1. The van der Waals surface area contributed by atoms with Crippen LogP contribution in [-0.2, 0) is 11.2 Å². The van der Waals surface area contributed by atoms with Crippen LogP contribution in [0.2, 0.25) is 0 Å². The first-order valence-corrected chi connectivity index (χ1v) is 5.66. The topological polar surface area (TPSA) is 46.5 Å². The molecule has 1 aromatic rings. The Morgan fingerprint density at radius 1 is 1.56 bits per heavy atom. The maximum Gasteiger partial charge on any atom is 0.306 e. The minimum Gasteiger partial charge on any atom is -0.492 e. The van der Waals surface area contributed by atoms with Crippen molar-refractivity contribution >= 4 is 21.9 Å². The summed E-state index contributed by atoms with van der Waals surface area (Å²) >= 11 is 3.17. The van der Waals surface area contributed by atoms with E-state index in [0.29, 0.717) is 22.2 Å². The van der Waals surface area contributed by atoms with E-state index in [1.807, 2.05) is 6.92 Å². The number of carboxylic acid groups (broad SMARTS) is 1. The summed E-state index contributed by atoms with van der Waals surface area (Å²) in [5, 5.41) is 8.45. The Balaban J connectivity index is 2.75. The third-order valence-corrected chi connectivity index (χ3v) is 2.68. The SMILES string of the molecule is CCc1cc(OCCC(=O)O)c(Br)cc1F. The number of halogens is 2. The first kappa shape index (κ1) is 13.0. The first-order chi connectivity index (χ1) is 7.54. The lowest BCUT2D eigenvalue weighted by atomic mass is 10.1. The van der Waals surface area contributed by atoms with Crippen molar-refractivity contribution in [3.8, 4) is 5.75 Å². The second-order valence-corrected chi connectivity index (χ2v) is 4.07. The van der Waals surface area contributed by atoms with Gasteiger partial charge >= 0.3 is 5.97 Å². The van der Waals surface area contributed by atoms with Gasteiger partial charge in [-0.25, -0.2) is 4.39 Å². The third-order valence-electron chi connectivity index (χ3n) is 2.06. The molecule has 0 unspecified atom stereocenters. The summed E-state index contributed by atoms with van der Waals surface area (Å²) in [6.07, 6.45) is 0.486. The Labute approximate surface area is 101 Å². The lowest BCUT2D eigenvalue weighted by molar-refractivity contribution is -0.137. The zero-order valence-corrected chi connectivity index (χ0v) is 10.4. The van der Waals surface area contributed by atoms with Crippen molar-refractivity contribution < 1.29 is 19.0 Å². The van der Waals surface area contributed by atoms with Crippen molar-refractivity contribution in [1.82, 2.24) is 0 Å². The molecule has 0 aromatic heterocycles. The monoisotopic (exact) mass is 290 g/mol. The maximum atomic E-state index is 13.3. The smallest absolute Gasteiger partial charge is 0.306 e. The van der Waals surface area contributed by atoms with Gasteiger partial charge in [0.15, 0.2) is 0 Å². The molecule has 0 heterocycles. The molecular formula is C11H12BrFO3. The standard InChI is InChI=1S/C11H12BrFO3/c1-2-7-5-10(8(12)6-9(7)13)16-4-3-11(14)15/h5-6H,2-4H2,1H3,(H,14,15). The molecule has 1 N–H and O–H groups in total. The van der Waals surface area contributed by atoms with Crippen LogP contribution in [0, 0.1) is 5.82 Å². The molecule has 0 radical (unpaired) electrons. The fourth-order valence-electron chi connectivity index (χ4n) is 1.20. The van der Waals surface area contributed by atoms with Gasteiger partial charge in [0.05, 0.1) is 17.5 Å². The van der Waals surface area contributed by atoms with Crippen LogP contribution in [0.15, 0.2) is 16.6 Å². The van der Waals surface area contributed by atoms with Gasteiger partial charge in [0.2, 0.25) is 0 Å². The van der Waals surface area contributed by atoms with Crippen molar-refractivity contribution in [2.45, 2.75) is 19.8 Å². The average molecular weight is 291 g/mol. The molecule has 0 saturated heterocycles. The van der Waals surface area contributed by atoms with E-state index in [0.717, 1.165) is 0 Å². The number of aryl methyl sites for hydroxylation is 1. The Morgan fingerprint density at radius 3 is 2.81 bits per heavy atom. The van der Waals surface area contributed by atoms with Gasteiger partial charge in [-0.2, -0.15) is 0 Å². The summed E-state index contributed by atoms with van der Waals surface area (Å²) in [6, 6.07) is 2.91. The predicted molar refractivity (Wildman–Crippen MR) is 61.2 cm³/mol. The van der Waals surface area contributed by atoms with Gasteiger partial charge in [-0.1, -0.05) is 6.92 Å². The lowest BCUT2D eigenvalue weighted by Gasteiger charge is -2.09. The van der Waals surface area contributed by atoms with Crippen molar-refractivity contribution in [1.29, 1.82) is 0 Å². The van der Waals surface area contributed by atoms with Gasteiger partial charge in [0.1, 0.15) is 11.6 Å². The van der Waals surface area contributed by atoms with Gasteiger partial charge < -0.3 is 9.84 Å². The molecule has 16 heavy (non-hydrogen) atoms. The maximum absolute atomic E-state index is 13.3. The average Bonchev–Trinajstić information content (AvgIpc) is 2.20. The summed E-state index contributed by atoms with van der Waals surface area (Å²) in [7, 11) is 0. The largest absolute Gasteiger partial charge is 0.492 e. The van der Waals surface area contributed by atoms with Crippen LogP contribution in [0.5, 0.6) is 5.75 Å². The quantitative estimate of drug-likeness (QED) is 0.907. The lowest BCUT2D eigenvalue weighted by Crippen LogP contribution is -2.05. The van der Waals surface area contributed by atoms with Crippen LogP contribution in [-0.4, -0.2) is 17.7 Å². The Kier molecular flexibility index (Phi) is 4.73. The van der Waals surface area contributed by atoms with Gasteiger partial charge in [-0.15, -0.1) is 0 Å². The highest BCUT2D eigenvalue weighted by molar-refractivity contribution is 9.10. The van der Waals surface area contributed by atoms with Crippen molar-refractivity contribution in [2.24, 2.45) is 0 Å². The normalized spacial score (nSPS) is 10.2. The van der Waals surface area contributed by atoms with Gasteiger partial charge in [0, 0.05) is 0 Å². The number of benzene rings is 1. The van der Waals surface area contributed by atoms with Gasteiger partial charge in [-0.05, 0) is 40.0 Å². The fraction of sp³-hybridized carbons (Fsp3) is 0.364. The second kappa shape index (κ2) is 5.84. The second-order valence-electron chi connectivity index (χ2n) is 3.22. The molecule has 0 bridgehead atoms. The Bertz CT molecular complexity index is 393. The molecule has 0 spiro atoms. The van der Waals surface area contributed by atoms with Crippen LogP contribution < -0.4 is 4.74 Å². The molecule has 5 heteroatoms. The van der Waals surface area contributed by atoms with Gasteiger partial charge in [0.25, 0.3) is 0 Å². The Hall–Kier alpha value is -1.10. The molecule has 88 valence electrons. The van der Waals surface area contributed by atoms with E-state index < -0.39 is 5.97 Å². The molecule has 0 fully saturated rings. The summed E-state index contributed by atoms with van der Waals surface area (Å²) in [5.41, 5.74) is 0.550. The van der Waals surface area contributed by atoms with E-state index in [1.54, 1.807) is 6.07 Å². The van der Waals surface area contributed by atoms with Crippen molar-refractivity contribution in [2.75, 3.05) is 6.61 Å². The number of rotatable bonds is 5. The number of ether oxygens (including phenoxy) is 1. The highest BCUT2D eigenvalue weighted by Gasteiger charge is 2.08. The zero-order valence-electron chi connectivity index (χ0n) is 8.80. The summed E-state index contributed by atoms with van der Waals surface area (Å²) in [5.74, 6) is -0.742. The van der Waals surface area contributed by atoms with E-state index >= 15 is 0 Å². The van der Waals surface area contributed by atoms with E-state index in [9.17, 15) is 9.18 Å². The molecule has 3 nitrogen and oxygen atoms in total. The van der Waals surface area contributed by atoms with Crippen LogP contribution in [0.3, 0.4) is 0 Å². The summed E-state index contributed by atoms with van der Waals surface area (Å²) in [4.78, 5) is 10.3. The molecule has 0 aliphatic carbocycles. The molecule has 0 saturated carbocycles. The van der Waals surface area contributed by atoms with E-state index in [2.05, 4.69) is 15.9 Å². The van der Waals surface area contributed by atoms with E-state index in [1.165, 1.54) is 6.07 Å². The van der Waals surface area contributed by atoms with E-state index in [-0.39, 0.29) is 18.8 Å². The highest BCUT2D eigenvalue weighted by Crippen LogP contribution is 2.28. The predicted octanol–water partition coefficient (Wildman–Crippen LogP) is 3.00.